The molecule has 0 fully saturated rings. The number of primary amides is 1. The Morgan fingerprint density at radius 3 is 1.88 bits per heavy atom. The summed E-state index contributed by atoms with van der Waals surface area (Å²) < 4.78 is 1.53. The van der Waals surface area contributed by atoms with Gasteiger partial charge in [0.25, 0.3) is 0 Å². The van der Waals surface area contributed by atoms with Crippen molar-refractivity contribution in [2.45, 2.75) is 0.920 Å². The van der Waals surface area contributed by atoms with Crippen LogP contribution in [0.25, 0.3) is 0 Å². The number of amides is 1. The maximum atomic E-state index is 9.47. The summed E-state index contributed by atoms with van der Waals surface area (Å²) in [6, 6.07) is 0. The second-order valence-corrected chi connectivity index (χ2v) is 6.97. The summed E-state index contributed by atoms with van der Waals surface area (Å²) >= 11 is 2.86. The number of hydrogen-bond donors (Lipinski definition) is 1. The van der Waals surface area contributed by atoms with Crippen molar-refractivity contribution in [1.29, 1.82) is 0 Å². The van der Waals surface area contributed by atoms with Crippen LogP contribution in [0.2, 0.25) is 0.920 Å². The Kier molecular flexibility index (Phi) is 16.5. The van der Waals surface area contributed by atoms with Crippen LogP contribution in [0.15, 0.2) is 12.7 Å². The third-order valence-corrected chi connectivity index (χ3v) is 0.201. The zero-order chi connectivity index (χ0) is 6.99. The van der Waals surface area contributed by atoms with Gasteiger partial charge in [0.15, 0.2) is 0 Å². The molecular formula is C4H7NNa2O. The molecule has 4 heteroatoms. The van der Waals surface area contributed by atoms with E-state index in [4.69, 9.17) is 0 Å². The van der Waals surface area contributed by atoms with Gasteiger partial charge in [-0.15, -0.1) is 0 Å². The molecule has 0 saturated carbocycles. The molecule has 0 aliphatic heterocycles. The average Bonchev–Trinajstić information content (AvgIpc) is 1.69. The van der Waals surface area contributed by atoms with Gasteiger partial charge in [-0.25, -0.2) is 0 Å². The van der Waals surface area contributed by atoms with E-state index in [0.717, 1.165) is 6.08 Å². The van der Waals surface area contributed by atoms with Gasteiger partial charge < -0.3 is 5.73 Å². The third kappa shape index (κ3) is 27.0. The normalized spacial score (nSPS) is 6.50. The topological polar surface area (TPSA) is 43.1 Å². The van der Waals surface area contributed by atoms with Crippen molar-refractivity contribution in [2.24, 2.45) is 5.73 Å². The van der Waals surface area contributed by atoms with E-state index in [1.165, 1.54) is 56.8 Å². The fourth-order valence-corrected chi connectivity index (χ4v) is 0. The summed E-state index contributed by atoms with van der Waals surface area (Å²) in [5, 5.41) is 0. The van der Waals surface area contributed by atoms with Gasteiger partial charge in [0, 0.05) is 0 Å². The van der Waals surface area contributed by atoms with E-state index in [1.807, 2.05) is 0 Å². The second kappa shape index (κ2) is 11.1. The second-order valence-electron chi connectivity index (χ2n) is 1.31. The van der Waals surface area contributed by atoms with Crippen molar-refractivity contribution in [3.63, 3.8) is 0 Å². The van der Waals surface area contributed by atoms with Gasteiger partial charge >= 0.3 is 56.8 Å². The van der Waals surface area contributed by atoms with Crippen LogP contribution in [0.3, 0.4) is 0 Å². The van der Waals surface area contributed by atoms with Gasteiger partial charge in [-0.3, -0.25) is 4.79 Å². The Morgan fingerprint density at radius 1 is 1.75 bits per heavy atom. The van der Waals surface area contributed by atoms with Gasteiger partial charge in [-0.2, -0.15) is 0 Å². The molecule has 0 aliphatic carbocycles. The Morgan fingerprint density at radius 2 is 1.88 bits per heavy atom. The number of carbonyl (C=O) groups is 1. The predicted molar refractivity (Wildman–Crippen MR) is 35.7 cm³/mol. The van der Waals surface area contributed by atoms with Crippen molar-refractivity contribution in [1.82, 2.24) is 0 Å². The standard InChI is InChI=1S/C3H5NO.CH2.2Na/c1-2-3(4)5;;;/h2H,1H2,(H2,4,5);1H2;;. The SMILES string of the molecule is C=CC(N)=O.[Na][CH2][Na]. The van der Waals surface area contributed by atoms with Crippen LogP contribution in [0.1, 0.15) is 0 Å². The molecule has 0 aromatic carbocycles. The fraction of sp³-hybridized carbons (Fsp3) is 0.250. The van der Waals surface area contributed by atoms with E-state index in [1.54, 1.807) is 0 Å². The van der Waals surface area contributed by atoms with Crippen molar-refractivity contribution in [3.05, 3.63) is 12.7 Å². The van der Waals surface area contributed by atoms with Crippen LogP contribution in [0.4, 0.5) is 0 Å². The van der Waals surface area contributed by atoms with Crippen LogP contribution < -0.4 is 5.73 Å². The molecule has 0 aliphatic rings. The third-order valence-electron chi connectivity index (χ3n) is 0.201. The number of rotatable bonds is 1. The van der Waals surface area contributed by atoms with E-state index in [9.17, 15) is 4.79 Å². The maximum absolute atomic E-state index is 9.47. The minimum absolute atomic E-state index is 0.481. The minimum atomic E-state index is -0.481. The zero-order valence-corrected chi connectivity index (χ0v) is 9.48. The first-order valence-corrected chi connectivity index (χ1v) is 5.43. The first-order chi connectivity index (χ1) is 3.68. The fourth-order valence-electron chi connectivity index (χ4n) is 0. The molecular weight excluding hydrogens is 124 g/mol. The summed E-state index contributed by atoms with van der Waals surface area (Å²) in [4.78, 5) is 9.47. The number of nitrogens with two attached hydrogens (primary N) is 1. The first kappa shape index (κ1) is 11.9. The van der Waals surface area contributed by atoms with Gasteiger partial charge in [0.05, 0.1) is 0 Å². The summed E-state index contributed by atoms with van der Waals surface area (Å²) in [5.74, 6) is -0.481. The van der Waals surface area contributed by atoms with E-state index in [0.29, 0.717) is 0 Å². The average molecular weight is 131 g/mol. The Bertz CT molecular complexity index is 74.4. The summed E-state index contributed by atoms with van der Waals surface area (Å²) in [6.07, 6.45) is 1.06. The van der Waals surface area contributed by atoms with Gasteiger partial charge in [0.2, 0.25) is 5.91 Å². The van der Waals surface area contributed by atoms with Crippen molar-refractivity contribution >= 4 is 61.8 Å². The van der Waals surface area contributed by atoms with Crippen molar-refractivity contribution in [3.8, 4) is 0 Å². The van der Waals surface area contributed by atoms with Gasteiger partial charge in [0.1, 0.15) is 0 Å². The van der Waals surface area contributed by atoms with Gasteiger partial charge in [-0.1, -0.05) is 6.58 Å². The number of hydrogen-bond acceptors (Lipinski definition) is 1. The van der Waals surface area contributed by atoms with E-state index in [2.05, 4.69) is 12.3 Å². The van der Waals surface area contributed by atoms with E-state index < -0.39 is 5.91 Å². The molecule has 0 saturated heterocycles. The Labute approximate surface area is 84.7 Å². The van der Waals surface area contributed by atoms with Crippen LogP contribution >= 0.6 is 0 Å². The monoisotopic (exact) mass is 131 g/mol. The molecule has 0 radical (unpaired) electrons. The molecule has 0 aromatic rings. The quantitative estimate of drug-likeness (QED) is 0.373. The molecule has 0 heterocycles. The molecule has 2 nitrogen and oxygen atoms in total. The van der Waals surface area contributed by atoms with Crippen molar-refractivity contribution in [2.75, 3.05) is 0 Å². The molecule has 0 aromatic heterocycles. The molecule has 2 N–H and O–H groups in total. The molecule has 0 spiro atoms. The van der Waals surface area contributed by atoms with Crippen LogP contribution in [0.5, 0.6) is 0 Å². The zero-order valence-electron chi connectivity index (χ0n) is 5.48. The number of carbonyl (C=O) groups excluding carboxylic acids is 1. The van der Waals surface area contributed by atoms with Crippen LogP contribution in [0, 0.1) is 0 Å². The summed E-state index contributed by atoms with van der Waals surface area (Å²) in [5.41, 5.74) is 4.53. The predicted octanol–water partition coefficient (Wildman–Crippen LogP) is -0.643. The van der Waals surface area contributed by atoms with Crippen LogP contribution in [-0.4, -0.2) is 61.8 Å². The van der Waals surface area contributed by atoms with E-state index in [-0.39, 0.29) is 0 Å². The molecule has 8 heavy (non-hydrogen) atoms. The molecule has 36 valence electrons. The molecule has 0 rings (SSSR count). The van der Waals surface area contributed by atoms with E-state index >= 15 is 0 Å². The summed E-state index contributed by atoms with van der Waals surface area (Å²) in [7, 11) is 0. The Hall–Kier alpha value is 1.21. The molecule has 1 amide bonds. The van der Waals surface area contributed by atoms with Gasteiger partial charge in [-0.05, 0) is 6.08 Å². The Balaban J connectivity index is 0. The van der Waals surface area contributed by atoms with Crippen LogP contribution in [-0.2, 0) is 4.79 Å². The summed E-state index contributed by atoms with van der Waals surface area (Å²) in [6.45, 7) is 3.09. The molecule has 0 bridgehead atoms. The van der Waals surface area contributed by atoms with Crippen molar-refractivity contribution < 1.29 is 4.79 Å². The molecule has 0 atom stereocenters. The molecule has 0 unspecified atom stereocenters. The first-order valence-electron chi connectivity index (χ1n) is 2.60.